The van der Waals surface area contributed by atoms with Crippen molar-refractivity contribution in [3.63, 3.8) is 0 Å². The van der Waals surface area contributed by atoms with E-state index < -0.39 is 6.10 Å². The van der Waals surface area contributed by atoms with Crippen LogP contribution in [0.2, 0.25) is 0 Å². The highest BCUT2D eigenvalue weighted by molar-refractivity contribution is 5.44. The third-order valence-corrected chi connectivity index (χ3v) is 2.05. The number of quaternary nitrogens is 1. The fourth-order valence-electron chi connectivity index (χ4n) is 1.29. The molecule has 1 atom stereocenters. The molecule has 13 heavy (non-hydrogen) atoms. The molecule has 0 bridgehead atoms. The molecule has 0 unspecified atom stereocenters. The zero-order valence-corrected chi connectivity index (χ0v) is 7.19. The molecule has 1 aliphatic rings. The molecule has 1 aliphatic heterocycles. The molecule has 0 fully saturated rings. The molecule has 1 heterocycles. The molecule has 1 aromatic rings. The lowest BCUT2D eigenvalue weighted by atomic mass is 10.1. The Morgan fingerprint density at radius 1 is 1.38 bits per heavy atom. The first kappa shape index (κ1) is 8.34. The van der Waals surface area contributed by atoms with Gasteiger partial charge >= 0.3 is 0 Å². The maximum Gasteiger partial charge on any atom is 0.231 e. The molecule has 0 radical (unpaired) electrons. The number of benzene rings is 1. The van der Waals surface area contributed by atoms with Crippen molar-refractivity contribution in [1.29, 1.82) is 0 Å². The first-order valence-corrected chi connectivity index (χ1v) is 4.18. The standard InChI is InChI=1S/C9H11NO3/c10-4-7(11)6-1-2-8-9(3-6)13-5-12-8/h1-3,7,11H,4-5,10H2/p+1/t7-/m0/s1. The smallest absolute Gasteiger partial charge is 0.231 e. The molecular formula is C9H12NO3+. The summed E-state index contributed by atoms with van der Waals surface area (Å²) in [7, 11) is 0. The fourth-order valence-corrected chi connectivity index (χ4v) is 1.29. The number of aliphatic hydroxyl groups is 1. The number of hydrogen-bond acceptors (Lipinski definition) is 3. The minimum absolute atomic E-state index is 0.263. The van der Waals surface area contributed by atoms with Gasteiger partial charge in [-0.25, -0.2) is 0 Å². The van der Waals surface area contributed by atoms with Crippen molar-refractivity contribution in [1.82, 2.24) is 0 Å². The second-order valence-corrected chi connectivity index (χ2v) is 2.92. The van der Waals surface area contributed by atoms with Crippen LogP contribution in [0.4, 0.5) is 0 Å². The van der Waals surface area contributed by atoms with E-state index in [2.05, 4.69) is 5.73 Å². The van der Waals surface area contributed by atoms with Gasteiger partial charge in [0.25, 0.3) is 0 Å². The summed E-state index contributed by atoms with van der Waals surface area (Å²) in [6.45, 7) is 0.721. The molecule has 0 aromatic heterocycles. The molecule has 70 valence electrons. The summed E-state index contributed by atoms with van der Waals surface area (Å²) in [5, 5.41) is 9.50. The van der Waals surface area contributed by atoms with E-state index in [1.54, 1.807) is 12.1 Å². The van der Waals surface area contributed by atoms with Gasteiger partial charge < -0.3 is 20.3 Å². The zero-order chi connectivity index (χ0) is 9.26. The van der Waals surface area contributed by atoms with E-state index in [4.69, 9.17) is 9.47 Å². The number of aliphatic hydroxyl groups excluding tert-OH is 1. The Kier molecular flexibility index (Phi) is 2.08. The van der Waals surface area contributed by atoms with Crippen molar-refractivity contribution in [2.45, 2.75) is 6.10 Å². The topological polar surface area (TPSA) is 66.3 Å². The van der Waals surface area contributed by atoms with Gasteiger partial charge in [0, 0.05) is 0 Å². The van der Waals surface area contributed by atoms with Crippen molar-refractivity contribution in [3.05, 3.63) is 23.8 Å². The summed E-state index contributed by atoms with van der Waals surface area (Å²) in [5.41, 5.74) is 4.45. The second kappa shape index (κ2) is 3.24. The van der Waals surface area contributed by atoms with Crippen molar-refractivity contribution < 1.29 is 20.3 Å². The van der Waals surface area contributed by atoms with E-state index in [9.17, 15) is 5.11 Å². The quantitative estimate of drug-likeness (QED) is 0.659. The van der Waals surface area contributed by atoms with Crippen LogP contribution in [0, 0.1) is 0 Å². The molecule has 1 aromatic carbocycles. The lowest BCUT2D eigenvalue weighted by molar-refractivity contribution is -0.385. The van der Waals surface area contributed by atoms with Crippen LogP contribution in [0.1, 0.15) is 11.7 Å². The van der Waals surface area contributed by atoms with E-state index in [1.165, 1.54) is 0 Å². The van der Waals surface area contributed by atoms with Crippen LogP contribution in [0.5, 0.6) is 11.5 Å². The molecule has 2 rings (SSSR count). The predicted octanol–water partition coefficient (Wildman–Crippen LogP) is -0.309. The number of ether oxygens (including phenoxy) is 2. The van der Waals surface area contributed by atoms with Crippen LogP contribution in [0.3, 0.4) is 0 Å². The average molecular weight is 182 g/mol. The van der Waals surface area contributed by atoms with Crippen LogP contribution in [-0.2, 0) is 0 Å². The number of rotatable bonds is 2. The first-order chi connectivity index (χ1) is 6.31. The molecule has 0 saturated heterocycles. The van der Waals surface area contributed by atoms with E-state index in [1.807, 2.05) is 6.07 Å². The highest BCUT2D eigenvalue weighted by Gasteiger charge is 2.16. The van der Waals surface area contributed by atoms with E-state index in [-0.39, 0.29) is 6.79 Å². The fraction of sp³-hybridized carbons (Fsp3) is 0.333. The van der Waals surface area contributed by atoms with Crippen LogP contribution in [0.25, 0.3) is 0 Å². The van der Waals surface area contributed by atoms with Gasteiger partial charge in [0.1, 0.15) is 12.6 Å². The highest BCUT2D eigenvalue weighted by atomic mass is 16.7. The molecule has 4 heteroatoms. The van der Waals surface area contributed by atoms with Crippen LogP contribution >= 0.6 is 0 Å². The molecule has 0 spiro atoms. The summed E-state index contributed by atoms with van der Waals surface area (Å²) < 4.78 is 10.3. The second-order valence-electron chi connectivity index (χ2n) is 2.92. The summed E-state index contributed by atoms with van der Waals surface area (Å²) in [6.07, 6.45) is -0.519. The van der Waals surface area contributed by atoms with Crippen molar-refractivity contribution in [2.75, 3.05) is 13.3 Å². The average Bonchev–Trinajstić information content (AvgIpc) is 2.63. The van der Waals surface area contributed by atoms with Crippen LogP contribution < -0.4 is 15.2 Å². The summed E-state index contributed by atoms with van der Waals surface area (Å²) in [5.74, 6) is 1.44. The van der Waals surface area contributed by atoms with Gasteiger partial charge in [-0.1, -0.05) is 6.07 Å². The minimum Gasteiger partial charge on any atom is -0.454 e. The Morgan fingerprint density at radius 3 is 2.92 bits per heavy atom. The molecule has 4 nitrogen and oxygen atoms in total. The molecule has 0 aliphatic carbocycles. The van der Waals surface area contributed by atoms with Gasteiger partial charge in [0.15, 0.2) is 11.5 Å². The third kappa shape index (κ3) is 1.46. The maximum absolute atomic E-state index is 9.50. The Hall–Kier alpha value is -1.26. The Bertz CT molecular complexity index is 314. The van der Waals surface area contributed by atoms with Gasteiger partial charge in [-0.05, 0) is 17.7 Å². The SMILES string of the molecule is [NH3+]C[C@H](O)c1ccc2c(c1)OCO2. The van der Waals surface area contributed by atoms with E-state index in [0.29, 0.717) is 12.3 Å². The summed E-state index contributed by atoms with van der Waals surface area (Å²) >= 11 is 0. The van der Waals surface area contributed by atoms with E-state index >= 15 is 0 Å². The monoisotopic (exact) mass is 182 g/mol. The van der Waals surface area contributed by atoms with Crippen molar-refractivity contribution in [3.8, 4) is 11.5 Å². The Labute approximate surface area is 75.9 Å². The third-order valence-electron chi connectivity index (χ3n) is 2.05. The first-order valence-electron chi connectivity index (χ1n) is 4.18. The molecule has 4 N–H and O–H groups in total. The molecule has 0 amide bonds. The maximum atomic E-state index is 9.50. The van der Waals surface area contributed by atoms with Gasteiger partial charge in [0.05, 0.1) is 0 Å². The van der Waals surface area contributed by atoms with Gasteiger partial charge in [-0.2, -0.15) is 0 Å². The molecule has 0 saturated carbocycles. The van der Waals surface area contributed by atoms with E-state index in [0.717, 1.165) is 11.3 Å². The largest absolute Gasteiger partial charge is 0.454 e. The number of fused-ring (bicyclic) bond motifs is 1. The lowest BCUT2D eigenvalue weighted by Gasteiger charge is -2.06. The Balaban J connectivity index is 2.30. The van der Waals surface area contributed by atoms with Crippen LogP contribution in [-0.4, -0.2) is 18.4 Å². The normalized spacial score (nSPS) is 15.8. The van der Waals surface area contributed by atoms with Crippen LogP contribution in [0.15, 0.2) is 18.2 Å². The van der Waals surface area contributed by atoms with Crippen molar-refractivity contribution in [2.24, 2.45) is 0 Å². The zero-order valence-electron chi connectivity index (χ0n) is 7.19. The Morgan fingerprint density at radius 2 is 2.15 bits per heavy atom. The lowest BCUT2D eigenvalue weighted by Crippen LogP contribution is -2.52. The summed E-state index contributed by atoms with van der Waals surface area (Å²) in [6, 6.07) is 5.41. The van der Waals surface area contributed by atoms with Gasteiger partial charge in [-0.3, -0.25) is 0 Å². The van der Waals surface area contributed by atoms with Gasteiger partial charge in [-0.15, -0.1) is 0 Å². The number of hydrogen-bond donors (Lipinski definition) is 2. The minimum atomic E-state index is -0.519. The highest BCUT2D eigenvalue weighted by Crippen LogP contribution is 2.33. The van der Waals surface area contributed by atoms with Gasteiger partial charge in [0.2, 0.25) is 6.79 Å². The predicted molar refractivity (Wildman–Crippen MR) is 45.3 cm³/mol. The molecular weight excluding hydrogens is 170 g/mol. The van der Waals surface area contributed by atoms with Crippen molar-refractivity contribution >= 4 is 0 Å². The summed E-state index contributed by atoms with van der Waals surface area (Å²) in [4.78, 5) is 0.